The highest BCUT2D eigenvalue weighted by Crippen LogP contribution is 2.25. The van der Waals surface area contributed by atoms with E-state index in [4.69, 9.17) is 4.74 Å². The Morgan fingerprint density at radius 2 is 2.04 bits per heavy atom. The molecule has 0 saturated heterocycles. The number of imidazole rings is 1. The van der Waals surface area contributed by atoms with Crippen LogP contribution in [0, 0.1) is 0 Å². The number of alkyl halides is 3. The molecule has 0 fully saturated rings. The lowest BCUT2D eigenvalue weighted by molar-refractivity contribution is -0.190. The van der Waals surface area contributed by atoms with E-state index in [9.17, 15) is 22.8 Å². The van der Waals surface area contributed by atoms with E-state index in [2.05, 4.69) is 15.3 Å². The summed E-state index contributed by atoms with van der Waals surface area (Å²) in [5.41, 5.74) is 0.916. The van der Waals surface area contributed by atoms with Gasteiger partial charge in [0.15, 0.2) is 6.10 Å². The Morgan fingerprint density at radius 1 is 1.29 bits per heavy atom. The van der Waals surface area contributed by atoms with Crippen molar-refractivity contribution in [3.63, 3.8) is 0 Å². The molecule has 10 heteroatoms. The summed E-state index contributed by atoms with van der Waals surface area (Å²) in [6.45, 7) is 1.10. The van der Waals surface area contributed by atoms with E-state index in [1.165, 1.54) is 22.9 Å². The predicted molar refractivity (Wildman–Crippen MR) is 95.3 cm³/mol. The van der Waals surface area contributed by atoms with E-state index in [1.807, 2.05) is 0 Å². The number of halogens is 3. The maximum absolute atomic E-state index is 12.7. The van der Waals surface area contributed by atoms with Crippen molar-refractivity contribution < 1.29 is 22.7 Å². The summed E-state index contributed by atoms with van der Waals surface area (Å²) in [6.07, 6.45) is -5.46. The van der Waals surface area contributed by atoms with Crippen LogP contribution in [0.2, 0.25) is 0 Å². The molecular weight excluding hydrogens is 377 g/mol. The third-order valence-corrected chi connectivity index (χ3v) is 4.07. The van der Waals surface area contributed by atoms with Gasteiger partial charge in [0.05, 0.1) is 11.0 Å². The third-order valence-electron chi connectivity index (χ3n) is 4.07. The average Bonchev–Trinajstić information content (AvgIpc) is 2.97. The van der Waals surface area contributed by atoms with E-state index in [1.54, 1.807) is 24.3 Å². The molecule has 0 aliphatic heterocycles. The lowest BCUT2D eigenvalue weighted by Crippen LogP contribution is -2.33. The molecule has 2 N–H and O–H groups in total. The first-order valence-corrected chi connectivity index (χ1v) is 8.41. The van der Waals surface area contributed by atoms with Crippen molar-refractivity contribution in [2.75, 3.05) is 6.54 Å². The van der Waals surface area contributed by atoms with Gasteiger partial charge in [-0.1, -0.05) is 12.1 Å². The molecule has 1 amide bonds. The van der Waals surface area contributed by atoms with Crippen LogP contribution in [0.3, 0.4) is 0 Å². The summed E-state index contributed by atoms with van der Waals surface area (Å²) in [4.78, 5) is 30.8. The van der Waals surface area contributed by atoms with Crippen LogP contribution in [-0.2, 0) is 6.54 Å². The summed E-state index contributed by atoms with van der Waals surface area (Å²) < 4.78 is 44.4. The second-order valence-electron chi connectivity index (χ2n) is 6.01. The minimum absolute atomic E-state index is 0.0870. The molecule has 0 saturated carbocycles. The molecule has 0 radical (unpaired) electrons. The zero-order chi connectivity index (χ0) is 20.3. The van der Waals surface area contributed by atoms with E-state index < -0.39 is 24.1 Å². The first kappa shape index (κ1) is 19.5. The van der Waals surface area contributed by atoms with Gasteiger partial charge in [0, 0.05) is 19.3 Å². The van der Waals surface area contributed by atoms with Gasteiger partial charge in [-0.15, -0.1) is 0 Å². The smallest absolute Gasteiger partial charge is 0.425 e. The number of carbonyl (C=O) groups excluding carboxylic acids is 1. The standard InChI is InChI=1S/C18H17F3N4O3/c1-11(18(19,20)21)28-16-12(5-4-8-23-16)15(26)22-9-10-25-14-7-3-2-6-13(14)24-17(25)27/h2-8,11H,9-10H2,1H3,(H,22,26)(H,24,27)/t11-/m0/s1. The molecular formula is C18H17F3N4O3. The lowest BCUT2D eigenvalue weighted by atomic mass is 10.2. The molecule has 2 aromatic heterocycles. The largest absolute Gasteiger partial charge is 0.464 e. The van der Waals surface area contributed by atoms with Crippen LogP contribution < -0.4 is 15.7 Å². The maximum atomic E-state index is 12.7. The molecule has 1 aromatic carbocycles. The molecule has 0 aliphatic rings. The number of amides is 1. The molecule has 0 spiro atoms. The van der Waals surface area contributed by atoms with Crippen molar-refractivity contribution in [3.8, 4) is 5.88 Å². The zero-order valence-electron chi connectivity index (χ0n) is 14.8. The van der Waals surface area contributed by atoms with Crippen LogP contribution in [0.5, 0.6) is 5.88 Å². The quantitative estimate of drug-likeness (QED) is 0.672. The molecule has 2 heterocycles. The minimum Gasteiger partial charge on any atom is -0.464 e. The Bertz CT molecular complexity index is 1040. The van der Waals surface area contributed by atoms with E-state index in [-0.39, 0.29) is 24.3 Å². The topological polar surface area (TPSA) is 89.0 Å². The van der Waals surface area contributed by atoms with Crippen molar-refractivity contribution in [1.29, 1.82) is 0 Å². The summed E-state index contributed by atoms with van der Waals surface area (Å²) in [7, 11) is 0. The number of fused-ring (bicyclic) bond motifs is 1. The van der Waals surface area contributed by atoms with Gasteiger partial charge in [-0.05, 0) is 31.2 Å². The Morgan fingerprint density at radius 3 is 2.79 bits per heavy atom. The minimum atomic E-state index is -4.58. The molecule has 28 heavy (non-hydrogen) atoms. The van der Waals surface area contributed by atoms with Crippen molar-refractivity contribution in [2.45, 2.75) is 25.7 Å². The fourth-order valence-electron chi connectivity index (χ4n) is 2.60. The Balaban J connectivity index is 1.69. The molecule has 3 aromatic rings. The van der Waals surface area contributed by atoms with Crippen molar-refractivity contribution in [3.05, 3.63) is 58.6 Å². The number of rotatable bonds is 6. The third kappa shape index (κ3) is 4.16. The second-order valence-corrected chi connectivity index (χ2v) is 6.01. The monoisotopic (exact) mass is 394 g/mol. The van der Waals surface area contributed by atoms with Crippen molar-refractivity contribution in [1.82, 2.24) is 19.9 Å². The highest BCUT2D eigenvalue weighted by Gasteiger charge is 2.38. The second kappa shape index (κ2) is 7.75. The number of nitrogens with zero attached hydrogens (tertiary/aromatic N) is 2. The predicted octanol–water partition coefficient (Wildman–Crippen LogP) is 2.48. The molecule has 0 bridgehead atoms. The first-order chi connectivity index (χ1) is 13.3. The van der Waals surface area contributed by atoms with Gasteiger partial charge in [0.25, 0.3) is 5.91 Å². The average molecular weight is 394 g/mol. The molecule has 0 aliphatic carbocycles. The fourth-order valence-corrected chi connectivity index (χ4v) is 2.60. The van der Waals surface area contributed by atoms with Crippen LogP contribution in [0.25, 0.3) is 11.0 Å². The van der Waals surface area contributed by atoms with E-state index >= 15 is 0 Å². The van der Waals surface area contributed by atoms with Crippen molar-refractivity contribution >= 4 is 16.9 Å². The summed E-state index contributed by atoms with van der Waals surface area (Å²) >= 11 is 0. The van der Waals surface area contributed by atoms with Crippen molar-refractivity contribution in [2.24, 2.45) is 0 Å². The van der Waals surface area contributed by atoms with Crippen LogP contribution in [0.1, 0.15) is 17.3 Å². The number of aromatic nitrogens is 3. The number of para-hydroxylation sites is 2. The number of hydrogen-bond donors (Lipinski definition) is 2. The number of benzene rings is 1. The van der Waals surface area contributed by atoms with Gasteiger partial charge in [0.1, 0.15) is 5.56 Å². The van der Waals surface area contributed by atoms with Crippen LogP contribution >= 0.6 is 0 Å². The first-order valence-electron chi connectivity index (χ1n) is 8.41. The lowest BCUT2D eigenvalue weighted by Gasteiger charge is -2.18. The van der Waals surface area contributed by atoms with Gasteiger partial charge in [-0.3, -0.25) is 9.36 Å². The fraction of sp³-hybridized carbons (Fsp3) is 0.278. The molecule has 7 nitrogen and oxygen atoms in total. The highest BCUT2D eigenvalue weighted by atomic mass is 19.4. The van der Waals surface area contributed by atoms with Gasteiger partial charge in [0.2, 0.25) is 5.88 Å². The summed E-state index contributed by atoms with van der Waals surface area (Å²) in [5, 5.41) is 2.57. The van der Waals surface area contributed by atoms with E-state index in [0.717, 1.165) is 6.92 Å². The number of nitrogens with one attached hydrogen (secondary N) is 2. The number of hydrogen-bond acceptors (Lipinski definition) is 4. The Hall–Kier alpha value is -3.30. The van der Waals surface area contributed by atoms with Crippen LogP contribution in [0.4, 0.5) is 13.2 Å². The number of carbonyl (C=O) groups is 1. The van der Waals surface area contributed by atoms with Gasteiger partial charge in [-0.2, -0.15) is 13.2 Å². The summed E-state index contributed by atoms with van der Waals surface area (Å²) in [6, 6.07) is 9.83. The number of H-pyrrole nitrogens is 1. The molecule has 3 rings (SSSR count). The number of aromatic amines is 1. The van der Waals surface area contributed by atoms with Gasteiger partial charge in [-0.25, -0.2) is 9.78 Å². The van der Waals surface area contributed by atoms with Crippen LogP contribution in [0.15, 0.2) is 47.4 Å². The Kier molecular flexibility index (Phi) is 5.39. The molecule has 1 atom stereocenters. The van der Waals surface area contributed by atoms with E-state index in [0.29, 0.717) is 11.0 Å². The van der Waals surface area contributed by atoms with Crippen LogP contribution in [-0.4, -0.2) is 39.3 Å². The summed E-state index contributed by atoms with van der Waals surface area (Å²) in [5.74, 6) is -1.06. The molecule has 148 valence electrons. The number of ether oxygens (including phenoxy) is 1. The normalized spacial score (nSPS) is 12.7. The number of pyridine rings is 1. The SMILES string of the molecule is C[C@H](Oc1ncccc1C(=O)NCCn1c(=O)[nH]c2ccccc21)C(F)(F)F. The highest BCUT2D eigenvalue weighted by molar-refractivity contribution is 5.96. The maximum Gasteiger partial charge on any atom is 0.425 e. The zero-order valence-corrected chi connectivity index (χ0v) is 14.8. The van der Waals surface area contributed by atoms with Gasteiger partial charge >= 0.3 is 11.9 Å². The Labute approximate surface area is 157 Å². The molecule has 0 unspecified atom stereocenters. The van der Waals surface area contributed by atoms with Gasteiger partial charge < -0.3 is 15.0 Å².